The van der Waals surface area contributed by atoms with Gasteiger partial charge in [0.25, 0.3) is 0 Å². The molecule has 0 amide bonds. The molecule has 25 heavy (non-hydrogen) atoms. The summed E-state index contributed by atoms with van der Waals surface area (Å²) in [5, 5.41) is 15.7. The third-order valence-electron chi connectivity index (χ3n) is 3.36. The molecule has 0 saturated carbocycles. The van der Waals surface area contributed by atoms with Gasteiger partial charge in [-0.25, -0.2) is 4.79 Å². The van der Waals surface area contributed by atoms with Crippen LogP contribution in [0.5, 0.6) is 0 Å². The van der Waals surface area contributed by atoms with Crippen LogP contribution in [0.15, 0.2) is 53.4 Å². The van der Waals surface area contributed by atoms with E-state index in [0.29, 0.717) is 16.9 Å². The van der Waals surface area contributed by atoms with Crippen LogP contribution in [0.2, 0.25) is 0 Å². The Labute approximate surface area is 138 Å². The first-order valence-corrected chi connectivity index (χ1v) is 6.93. The maximum Gasteiger partial charge on any atom is 0.416 e. The summed E-state index contributed by atoms with van der Waals surface area (Å²) in [7, 11) is 0. The lowest BCUT2D eigenvalue weighted by atomic mass is 10.1. The number of rotatable bonds is 4. The van der Waals surface area contributed by atoms with Crippen molar-refractivity contribution in [3.05, 3.63) is 60.0 Å². The van der Waals surface area contributed by atoms with Crippen molar-refractivity contribution in [2.45, 2.75) is 6.18 Å². The molecule has 0 bridgehead atoms. The first kappa shape index (κ1) is 16.5. The second kappa shape index (κ2) is 6.27. The highest BCUT2D eigenvalue weighted by Crippen LogP contribution is 2.32. The number of carbonyl (C=O) groups is 1. The van der Waals surface area contributed by atoms with Crippen LogP contribution in [0.1, 0.15) is 15.9 Å². The predicted octanol–water partition coefficient (Wildman–Crippen LogP) is 4.20. The number of benzene rings is 2. The highest BCUT2D eigenvalue weighted by Gasteiger charge is 2.30. The molecule has 1 heterocycles. The molecule has 0 atom stereocenters. The SMILES string of the molecule is O=C(O)c1ccc(Nc2ccc(C(F)(F)F)cc2)c(-c2ncon2)c1. The molecule has 128 valence electrons. The third-order valence-corrected chi connectivity index (χ3v) is 3.36. The Morgan fingerprint density at radius 1 is 1.12 bits per heavy atom. The zero-order valence-corrected chi connectivity index (χ0v) is 12.4. The van der Waals surface area contributed by atoms with Crippen molar-refractivity contribution in [2.75, 3.05) is 5.32 Å². The molecule has 0 aliphatic heterocycles. The van der Waals surface area contributed by atoms with Gasteiger partial charge in [0.2, 0.25) is 12.2 Å². The van der Waals surface area contributed by atoms with E-state index in [-0.39, 0.29) is 11.4 Å². The van der Waals surface area contributed by atoms with E-state index in [1.807, 2.05) is 0 Å². The summed E-state index contributed by atoms with van der Waals surface area (Å²) in [6.45, 7) is 0. The van der Waals surface area contributed by atoms with Gasteiger partial charge in [-0.2, -0.15) is 18.2 Å². The van der Waals surface area contributed by atoms with Gasteiger partial charge in [0.1, 0.15) is 0 Å². The Bertz CT molecular complexity index is 891. The highest BCUT2D eigenvalue weighted by atomic mass is 19.4. The average Bonchev–Trinajstić information content (AvgIpc) is 3.09. The maximum absolute atomic E-state index is 12.6. The van der Waals surface area contributed by atoms with Crippen molar-refractivity contribution in [1.82, 2.24) is 10.1 Å². The fourth-order valence-corrected chi connectivity index (χ4v) is 2.16. The summed E-state index contributed by atoms with van der Waals surface area (Å²) in [4.78, 5) is 15.0. The van der Waals surface area contributed by atoms with Gasteiger partial charge < -0.3 is 14.9 Å². The minimum Gasteiger partial charge on any atom is -0.478 e. The Kier molecular flexibility index (Phi) is 4.14. The van der Waals surface area contributed by atoms with Gasteiger partial charge >= 0.3 is 12.1 Å². The molecular weight excluding hydrogens is 339 g/mol. The number of nitrogens with zero attached hydrogens (tertiary/aromatic N) is 2. The smallest absolute Gasteiger partial charge is 0.416 e. The van der Waals surface area contributed by atoms with Crippen LogP contribution in [0, 0.1) is 0 Å². The third kappa shape index (κ3) is 3.60. The molecule has 3 rings (SSSR count). The van der Waals surface area contributed by atoms with Gasteiger partial charge in [-0.15, -0.1) is 0 Å². The zero-order valence-electron chi connectivity index (χ0n) is 12.4. The van der Waals surface area contributed by atoms with Gasteiger partial charge in [0, 0.05) is 16.9 Å². The molecule has 0 aliphatic carbocycles. The van der Waals surface area contributed by atoms with Crippen LogP contribution in [0.25, 0.3) is 11.4 Å². The van der Waals surface area contributed by atoms with E-state index in [1.165, 1.54) is 30.3 Å². The molecule has 0 radical (unpaired) electrons. The molecule has 0 spiro atoms. The number of hydrogen-bond donors (Lipinski definition) is 2. The number of carboxylic acid groups (broad SMARTS) is 1. The lowest BCUT2D eigenvalue weighted by molar-refractivity contribution is -0.137. The first-order chi connectivity index (χ1) is 11.8. The van der Waals surface area contributed by atoms with Crippen molar-refractivity contribution in [3.63, 3.8) is 0 Å². The van der Waals surface area contributed by atoms with Crippen LogP contribution in [-0.2, 0) is 6.18 Å². The topological polar surface area (TPSA) is 88.2 Å². The number of aromatic carboxylic acids is 1. The van der Waals surface area contributed by atoms with Crippen molar-refractivity contribution in [2.24, 2.45) is 0 Å². The molecule has 2 aromatic carbocycles. The molecule has 9 heteroatoms. The van der Waals surface area contributed by atoms with E-state index < -0.39 is 17.7 Å². The number of hydrogen-bond acceptors (Lipinski definition) is 5. The Morgan fingerprint density at radius 3 is 2.40 bits per heavy atom. The predicted molar refractivity (Wildman–Crippen MR) is 81.4 cm³/mol. The van der Waals surface area contributed by atoms with Gasteiger partial charge in [0.15, 0.2) is 0 Å². The number of halogens is 3. The quantitative estimate of drug-likeness (QED) is 0.734. The number of alkyl halides is 3. The van der Waals surface area contributed by atoms with E-state index in [4.69, 9.17) is 5.11 Å². The monoisotopic (exact) mass is 349 g/mol. The van der Waals surface area contributed by atoms with Crippen LogP contribution >= 0.6 is 0 Å². The average molecular weight is 349 g/mol. The molecular formula is C16H10F3N3O3. The lowest BCUT2D eigenvalue weighted by Gasteiger charge is -2.12. The molecule has 1 aromatic heterocycles. The van der Waals surface area contributed by atoms with E-state index in [0.717, 1.165) is 18.5 Å². The van der Waals surface area contributed by atoms with Crippen molar-refractivity contribution >= 4 is 17.3 Å². The second-order valence-corrected chi connectivity index (χ2v) is 5.02. The molecule has 0 saturated heterocycles. The Morgan fingerprint density at radius 2 is 1.84 bits per heavy atom. The van der Waals surface area contributed by atoms with E-state index in [1.54, 1.807) is 0 Å². The number of aromatic nitrogens is 2. The summed E-state index contributed by atoms with van der Waals surface area (Å²) in [5.41, 5.74) is 0.399. The zero-order chi connectivity index (χ0) is 18.0. The fraction of sp³-hybridized carbons (Fsp3) is 0.0625. The lowest BCUT2D eigenvalue weighted by Crippen LogP contribution is -2.04. The van der Waals surface area contributed by atoms with Gasteiger partial charge in [-0.1, -0.05) is 5.16 Å². The molecule has 6 nitrogen and oxygen atoms in total. The van der Waals surface area contributed by atoms with Crippen LogP contribution < -0.4 is 5.32 Å². The van der Waals surface area contributed by atoms with Crippen LogP contribution in [0.3, 0.4) is 0 Å². The summed E-state index contributed by atoms with van der Waals surface area (Å²) < 4.78 is 42.5. The van der Waals surface area contributed by atoms with E-state index >= 15 is 0 Å². The van der Waals surface area contributed by atoms with Gasteiger partial charge in [-0.3, -0.25) is 0 Å². The number of anilines is 2. The summed E-state index contributed by atoms with van der Waals surface area (Å²) in [5.74, 6) is -0.983. The molecule has 0 fully saturated rings. The van der Waals surface area contributed by atoms with E-state index in [9.17, 15) is 18.0 Å². The minimum atomic E-state index is -4.42. The van der Waals surface area contributed by atoms with E-state index in [2.05, 4.69) is 20.0 Å². The normalized spacial score (nSPS) is 11.3. The number of carboxylic acids is 1. The number of nitrogens with one attached hydrogen (secondary N) is 1. The van der Waals surface area contributed by atoms with Crippen LogP contribution in [-0.4, -0.2) is 21.2 Å². The maximum atomic E-state index is 12.6. The minimum absolute atomic E-state index is 0.0118. The molecule has 0 aliphatic rings. The molecule has 3 aromatic rings. The fourth-order valence-electron chi connectivity index (χ4n) is 2.16. The molecule has 2 N–H and O–H groups in total. The summed E-state index contributed by atoms with van der Waals surface area (Å²) in [6, 6.07) is 8.62. The Balaban J connectivity index is 1.96. The van der Waals surface area contributed by atoms with Crippen molar-refractivity contribution in [3.8, 4) is 11.4 Å². The van der Waals surface area contributed by atoms with Gasteiger partial charge in [0.05, 0.1) is 11.1 Å². The Hall–Kier alpha value is -3.36. The first-order valence-electron chi connectivity index (χ1n) is 6.93. The van der Waals surface area contributed by atoms with Crippen molar-refractivity contribution in [1.29, 1.82) is 0 Å². The second-order valence-electron chi connectivity index (χ2n) is 5.02. The summed E-state index contributed by atoms with van der Waals surface area (Å²) >= 11 is 0. The molecule has 0 unspecified atom stereocenters. The highest BCUT2D eigenvalue weighted by molar-refractivity contribution is 5.91. The van der Waals surface area contributed by atoms with Crippen molar-refractivity contribution < 1.29 is 27.6 Å². The standard InChI is InChI=1S/C16H10F3N3O3/c17-16(18,19)10-2-4-11(5-3-10)21-13-6-1-9(15(23)24)7-12(13)14-20-8-25-22-14/h1-8,21H,(H,23,24). The van der Waals surface area contributed by atoms with Gasteiger partial charge in [-0.05, 0) is 42.5 Å². The van der Waals surface area contributed by atoms with Crippen LogP contribution in [0.4, 0.5) is 24.5 Å². The largest absolute Gasteiger partial charge is 0.478 e. The summed E-state index contributed by atoms with van der Waals surface area (Å²) in [6.07, 6.45) is -3.33.